The highest BCUT2D eigenvalue weighted by molar-refractivity contribution is 7.89. The molecule has 1 N–H and O–H groups in total. The topological polar surface area (TPSA) is 99.3 Å². The van der Waals surface area contributed by atoms with Crippen LogP contribution in [0.4, 0.5) is 9.18 Å². The molecule has 192 valence electrons. The van der Waals surface area contributed by atoms with E-state index in [-0.39, 0.29) is 42.3 Å². The van der Waals surface area contributed by atoms with Crippen LogP contribution in [0.5, 0.6) is 0 Å². The lowest BCUT2D eigenvalue weighted by Crippen LogP contribution is -2.53. The monoisotopic (exact) mass is 516 g/mol. The van der Waals surface area contributed by atoms with E-state index in [9.17, 15) is 22.4 Å². The van der Waals surface area contributed by atoms with Crippen LogP contribution in [0.3, 0.4) is 0 Å². The number of ether oxygens (including phenoxy) is 1. The number of carbonyl (C=O) groups is 2. The summed E-state index contributed by atoms with van der Waals surface area (Å²) in [5, 5.41) is 2.71. The fourth-order valence-electron chi connectivity index (χ4n) is 4.42. The molecule has 1 fully saturated rings. The standard InChI is InChI=1S/C25H29FN4O5S/c1-3-35-24(31)22-21(28(2)25(32)27-23(22)19-11-7-8-12-20(19)26)17-29-13-15-30(16-14-29)36(33,34)18-9-5-4-6-10-18/h4-12,23H,3,13-17H2,1-2H3,(H,27,32). The molecule has 2 aliphatic rings. The Morgan fingerprint density at radius 1 is 1.06 bits per heavy atom. The second kappa shape index (κ2) is 10.8. The first-order valence-electron chi connectivity index (χ1n) is 11.7. The van der Waals surface area contributed by atoms with E-state index in [1.165, 1.54) is 34.5 Å². The van der Waals surface area contributed by atoms with Gasteiger partial charge in [0.15, 0.2) is 0 Å². The van der Waals surface area contributed by atoms with E-state index in [0.717, 1.165) is 0 Å². The van der Waals surface area contributed by atoms with Crippen LogP contribution in [0.2, 0.25) is 0 Å². The highest BCUT2D eigenvalue weighted by Crippen LogP contribution is 2.33. The number of esters is 1. The number of carbonyl (C=O) groups excluding carboxylic acids is 2. The van der Waals surface area contributed by atoms with Gasteiger partial charge in [0.05, 0.1) is 23.1 Å². The smallest absolute Gasteiger partial charge is 0.338 e. The molecule has 0 aliphatic carbocycles. The van der Waals surface area contributed by atoms with Gasteiger partial charge in [-0.15, -0.1) is 0 Å². The van der Waals surface area contributed by atoms with Crippen molar-refractivity contribution in [2.75, 3.05) is 46.4 Å². The molecule has 1 saturated heterocycles. The molecule has 0 spiro atoms. The summed E-state index contributed by atoms with van der Waals surface area (Å²) in [7, 11) is -2.08. The Bertz CT molecular complexity index is 1260. The molecule has 11 heteroatoms. The quantitative estimate of drug-likeness (QED) is 0.568. The first kappa shape index (κ1) is 25.8. The molecule has 2 amide bonds. The van der Waals surface area contributed by atoms with Crippen LogP contribution in [0.15, 0.2) is 70.8 Å². The molecule has 2 heterocycles. The lowest BCUT2D eigenvalue weighted by Gasteiger charge is -2.39. The summed E-state index contributed by atoms with van der Waals surface area (Å²) in [4.78, 5) is 29.4. The zero-order valence-corrected chi connectivity index (χ0v) is 21.0. The molecule has 2 aromatic rings. The lowest BCUT2D eigenvalue weighted by molar-refractivity contribution is -0.139. The predicted octanol–water partition coefficient (Wildman–Crippen LogP) is 2.35. The van der Waals surface area contributed by atoms with E-state index < -0.39 is 33.9 Å². The highest BCUT2D eigenvalue weighted by atomic mass is 32.2. The molecule has 0 radical (unpaired) electrons. The SMILES string of the molecule is CCOC(=O)C1=C(CN2CCN(S(=O)(=O)c3ccccc3)CC2)N(C)C(=O)NC1c1ccccc1F. The van der Waals surface area contributed by atoms with E-state index in [0.29, 0.717) is 18.8 Å². The van der Waals surface area contributed by atoms with E-state index in [4.69, 9.17) is 4.74 Å². The summed E-state index contributed by atoms with van der Waals surface area (Å²) in [5.41, 5.74) is 0.714. The maximum Gasteiger partial charge on any atom is 0.338 e. The van der Waals surface area contributed by atoms with Crippen LogP contribution in [0, 0.1) is 5.82 Å². The van der Waals surface area contributed by atoms with Crippen LogP contribution in [-0.4, -0.2) is 80.9 Å². The molecule has 4 rings (SSSR count). The van der Waals surface area contributed by atoms with Gasteiger partial charge in [-0.05, 0) is 25.1 Å². The van der Waals surface area contributed by atoms with Gasteiger partial charge >= 0.3 is 12.0 Å². The van der Waals surface area contributed by atoms with Crippen LogP contribution >= 0.6 is 0 Å². The maximum atomic E-state index is 14.7. The molecular weight excluding hydrogens is 487 g/mol. The van der Waals surface area contributed by atoms with Crippen molar-refractivity contribution in [1.82, 2.24) is 19.4 Å². The Morgan fingerprint density at radius 2 is 1.69 bits per heavy atom. The number of hydrogen-bond donors (Lipinski definition) is 1. The number of urea groups is 1. The van der Waals surface area contributed by atoms with Crippen molar-refractivity contribution in [3.63, 3.8) is 0 Å². The largest absolute Gasteiger partial charge is 0.463 e. The minimum atomic E-state index is -3.61. The number of nitrogens with zero attached hydrogens (tertiary/aromatic N) is 3. The molecule has 1 unspecified atom stereocenters. The number of amides is 2. The number of likely N-dealkylation sites (N-methyl/N-ethyl adjacent to an activating group) is 1. The summed E-state index contributed by atoms with van der Waals surface area (Å²) in [6.07, 6.45) is 0. The molecule has 0 saturated carbocycles. The molecule has 0 aromatic heterocycles. The molecule has 2 aliphatic heterocycles. The zero-order chi connectivity index (χ0) is 25.9. The lowest BCUT2D eigenvalue weighted by atomic mass is 9.94. The summed E-state index contributed by atoms with van der Waals surface area (Å²) in [6, 6.07) is 12.7. The average Bonchev–Trinajstić information content (AvgIpc) is 2.88. The second-order valence-corrected chi connectivity index (χ2v) is 10.5. The number of benzene rings is 2. The number of piperazine rings is 1. The molecule has 1 atom stereocenters. The van der Waals surface area contributed by atoms with Gasteiger partial charge in [-0.2, -0.15) is 4.31 Å². The Hall–Kier alpha value is -3.28. The van der Waals surface area contributed by atoms with Crippen molar-refractivity contribution >= 4 is 22.0 Å². The summed E-state index contributed by atoms with van der Waals surface area (Å²) < 4.78 is 47.3. The van der Waals surface area contributed by atoms with Crippen molar-refractivity contribution in [3.8, 4) is 0 Å². The van der Waals surface area contributed by atoms with Crippen LogP contribution in [0.25, 0.3) is 0 Å². The third-order valence-electron chi connectivity index (χ3n) is 6.37. The first-order chi connectivity index (χ1) is 17.2. The summed E-state index contributed by atoms with van der Waals surface area (Å²) in [6.45, 7) is 3.29. The Labute approximate surface area is 210 Å². The van der Waals surface area contributed by atoms with Gasteiger partial charge in [0.25, 0.3) is 0 Å². The van der Waals surface area contributed by atoms with Gasteiger partial charge < -0.3 is 10.1 Å². The van der Waals surface area contributed by atoms with Crippen molar-refractivity contribution in [2.24, 2.45) is 0 Å². The highest BCUT2D eigenvalue weighted by Gasteiger charge is 2.39. The van der Waals surface area contributed by atoms with Gasteiger partial charge in [-0.25, -0.2) is 22.4 Å². The van der Waals surface area contributed by atoms with E-state index in [2.05, 4.69) is 5.32 Å². The zero-order valence-electron chi connectivity index (χ0n) is 20.2. The van der Waals surface area contributed by atoms with Gasteiger partial charge in [0.2, 0.25) is 10.0 Å². The maximum absolute atomic E-state index is 14.7. The van der Waals surface area contributed by atoms with Gasteiger partial charge in [-0.3, -0.25) is 9.80 Å². The van der Waals surface area contributed by atoms with E-state index in [1.807, 2.05) is 4.90 Å². The fraction of sp³-hybridized carbons (Fsp3) is 0.360. The van der Waals surface area contributed by atoms with Crippen molar-refractivity contribution in [3.05, 3.63) is 77.2 Å². The average molecular weight is 517 g/mol. The van der Waals surface area contributed by atoms with Crippen LogP contribution < -0.4 is 5.32 Å². The molecular formula is C25H29FN4O5S. The van der Waals surface area contributed by atoms with Crippen LogP contribution in [-0.2, 0) is 19.6 Å². The molecule has 0 bridgehead atoms. The Kier molecular flexibility index (Phi) is 7.72. The summed E-state index contributed by atoms with van der Waals surface area (Å²) in [5.74, 6) is -1.19. The van der Waals surface area contributed by atoms with Gasteiger partial charge in [0.1, 0.15) is 5.82 Å². The van der Waals surface area contributed by atoms with Gasteiger partial charge in [-0.1, -0.05) is 36.4 Å². The van der Waals surface area contributed by atoms with E-state index >= 15 is 0 Å². The number of rotatable bonds is 7. The van der Waals surface area contributed by atoms with Crippen LogP contribution in [0.1, 0.15) is 18.5 Å². The normalized spacial score (nSPS) is 19.8. The third kappa shape index (κ3) is 5.13. The molecule has 2 aromatic carbocycles. The number of sulfonamides is 1. The van der Waals surface area contributed by atoms with Gasteiger partial charge in [0, 0.05) is 51.0 Å². The number of nitrogens with one attached hydrogen (secondary N) is 1. The Balaban J connectivity index is 1.60. The minimum absolute atomic E-state index is 0.118. The van der Waals surface area contributed by atoms with E-state index in [1.54, 1.807) is 43.3 Å². The van der Waals surface area contributed by atoms with Crippen molar-refractivity contribution < 1.29 is 27.1 Å². The molecule has 36 heavy (non-hydrogen) atoms. The Morgan fingerprint density at radius 3 is 2.33 bits per heavy atom. The van der Waals surface area contributed by atoms with Crippen molar-refractivity contribution in [2.45, 2.75) is 17.9 Å². The second-order valence-electron chi connectivity index (χ2n) is 8.54. The predicted molar refractivity (Wildman–Crippen MR) is 131 cm³/mol. The molecule has 9 nitrogen and oxygen atoms in total. The first-order valence-corrected chi connectivity index (χ1v) is 13.1. The van der Waals surface area contributed by atoms with Crippen molar-refractivity contribution in [1.29, 1.82) is 0 Å². The summed E-state index contributed by atoms with van der Waals surface area (Å²) >= 11 is 0. The number of hydrogen-bond acceptors (Lipinski definition) is 6. The minimum Gasteiger partial charge on any atom is -0.463 e. The fourth-order valence-corrected chi connectivity index (χ4v) is 5.87. The third-order valence-corrected chi connectivity index (χ3v) is 8.29. The number of halogens is 1.